The Kier molecular flexibility index (Phi) is 4.02. The Bertz CT molecular complexity index is 560. The van der Waals surface area contributed by atoms with Gasteiger partial charge in [-0.25, -0.2) is 9.78 Å². The molecule has 0 spiro atoms. The predicted molar refractivity (Wildman–Crippen MR) is 69.6 cm³/mol. The van der Waals surface area contributed by atoms with Crippen LogP contribution in [0.25, 0.3) is 0 Å². The van der Waals surface area contributed by atoms with Crippen molar-refractivity contribution in [3.63, 3.8) is 0 Å². The number of esters is 1. The number of hydrogen-bond donors (Lipinski definition) is 1. The lowest BCUT2D eigenvalue weighted by Gasteiger charge is -2.14. The number of carbonyl (C=O) groups excluding carboxylic acids is 1. The van der Waals surface area contributed by atoms with Crippen LogP contribution in [0.2, 0.25) is 0 Å². The summed E-state index contributed by atoms with van der Waals surface area (Å²) >= 11 is 0. The summed E-state index contributed by atoms with van der Waals surface area (Å²) in [5, 5.41) is 3.17. The molecular formula is C13H14N4O2. The summed E-state index contributed by atoms with van der Waals surface area (Å²) in [7, 11) is 1.31. The van der Waals surface area contributed by atoms with Gasteiger partial charge in [-0.15, -0.1) is 0 Å². The van der Waals surface area contributed by atoms with Gasteiger partial charge in [0.15, 0.2) is 5.69 Å². The van der Waals surface area contributed by atoms with Gasteiger partial charge in [0.1, 0.15) is 5.82 Å². The van der Waals surface area contributed by atoms with Gasteiger partial charge in [-0.1, -0.05) is 0 Å². The van der Waals surface area contributed by atoms with E-state index < -0.39 is 5.97 Å². The molecule has 0 aliphatic carbocycles. The minimum absolute atomic E-state index is 0.0326. The van der Waals surface area contributed by atoms with Crippen LogP contribution in [0.5, 0.6) is 0 Å². The lowest BCUT2D eigenvalue weighted by molar-refractivity contribution is 0.0593. The van der Waals surface area contributed by atoms with E-state index in [0.29, 0.717) is 5.82 Å². The maximum Gasteiger partial charge on any atom is 0.358 e. The fourth-order valence-electron chi connectivity index (χ4n) is 1.60. The van der Waals surface area contributed by atoms with E-state index in [1.807, 2.05) is 19.1 Å². The van der Waals surface area contributed by atoms with E-state index in [-0.39, 0.29) is 11.7 Å². The number of ether oxygens (including phenoxy) is 1. The highest BCUT2D eigenvalue weighted by molar-refractivity contribution is 5.87. The van der Waals surface area contributed by atoms with Gasteiger partial charge in [0.2, 0.25) is 0 Å². The van der Waals surface area contributed by atoms with E-state index in [9.17, 15) is 4.79 Å². The highest BCUT2D eigenvalue weighted by Crippen LogP contribution is 2.16. The van der Waals surface area contributed by atoms with Gasteiger partial charge in [-0.05, 0) is 24.6 Å². The highest BCUT2D eigenvalue weighted by atomic mass is 16.5. The standard InChI is InChI=1S/C13H14N4O2/c1-9(10-3-5-14-6-4-10)16-12-8-15-7-11(17-12)13(18)19-2/h3-9H,1-2H3,(H,16,17). The molecule has 1 unspecified atom stereocenters. The Labute approximate surface area is 110 Å². The first kappa shape index (κ1) is 12.9. The molecule has 0 saturated carbocycles. The predicted octanol–water partition coefficient (Wildman–Crippen LogP) is 1.83. The topological polar surface area (TPSA) is 77.0 Å². The summed E-state index contributed by atoms with van der Waals surface area (Å²) in [6.07, 6.45) is 6.38. The fraction of sp³-hybridized carbons (Fsp3) is 0.231. The quantitative estimate of drug-likeness (QED) is 0.843. The molecule has 0 saturated heterocycles. The van der Waals surface area contributed by atoms with Crippen molar-refractivity contribution in [2.24, 2.45) is 0 Å². The minimum atomic E-state index is -0.507. The number of nitrogens with zero attached hydrogens (tertiary/aromatic N) is 3. The number of carbonyl (C=O) groups is 1. The molecule has 6 heteroatoms. The van der Waals surface area contributed by atoms with Crippen LogP contribution in [0.4, 0.5) is 5.82 Å². The monoisotopic (exact) mass is 258 g/mol. The third-order valence-electron chi connectivity index (χ3n) is 2.60. The van der Waals surface area contributed by atoms with Gasteiger partial charge in [0.25, 0.3) is 0 Å². The summed E-state index contributed by atoms with van der Waals surface area (Å²) < 4.78 is 4.60. The van der Waals surface area contributed by atoms with Crippen molar-refractivity contribution in [1.82, 2.24) is 15.0 Å². The molecule has 0 amide bonds. The molecule has 2 aromatic heterocycles. The van der Waals surface area contributed by atoms with E-state index in [1.54, 1.807) is 18.6 Å². The van der Waals surface area contributed by atoms with Gasteiger partial charge >= 0.3 is 5.97 Å². The number of aromatic nitrogens is 3. The zero-order chi connectivity index (χ0) is 13.7. The SMILES string of the molecule is COC(=O)c1cncc(NC(C)c2ccncc2)n1. The van der Waals surface area contributed by atoms with Crippen LogP contribution in [-0.2, 0) is 4.74 Å². The Hall–Kier alpha value is -2.50. The summed E-state index contributed by atoms with van der Waals surface area (Å²) in [6, 6.07) is 3.86. The molecule has 2 rings (SSSR count). The number of nitrogens with one attached hydrogen (secondary N) is 1. The first-order valence-corrected chi connectivity index (χ1v) is 5.77. The van der Waals surface area contributed by atoms with Crippen LogP contribution in [0.1, 0.15) is 29.0 Å². The van der Waals surface area contributed by atoms with Crippen molar-refractivity contribution < 1.29 is 9.53 Å². The normalized spacial score (nSPS) is 11.7. The van der Waals surface area contributed by atoms with Crippen LogP contribution in [-0.4, -0.2) is 28.0 Å². The molecule has 19 heavy (non-hydrogen) atoms. The van der Waals surface area contributed by atoms with E-state index in [4.69, 9.17) is 0 Å². The van der Waals surface area contributed by atoms with E-state index in [1.165, 1.54) is 13.3 Å². The van der Waals surface area contributed by atoms with Gasteiger partial charge in [-0.3, -0.25) is 9.97 Å². The van der Waals surface area contributed by atoms with Crippen molar-refractivity contribution in [2.45, 2.75) is 13.0 Å². The van der Waals surface area contributed by atoms with Crippen molar-refractivity contribution >= 4 is 11.8 Å². The van der Waals surface area contributed by atoms with Crippen LogP contribution >= 0.6 is 0 Å². The number of anilines is 1. The number of pyridine rings is 1. The molecule has 2 heterocycles. The molecule has 0 aliphatic rings. The maximum absolute atomic E-state index is 11.4. The zero-order valence-corrected chi connectivity index (χ0v) is 10.7. The van der Waals surface area contributed by atoms with Gasteiger partial charge in [-0.2, -0.15) is 0 Å². The molecule has 0 bridgehead atoms. The molecule has 0 fully saturated rings. The Morgan fingerprint density at radius 2 is 2.00 bits per heavy atom. The lowest BCUT2D eigenvalue weighted by atomic mass is 10.1. The van der Waals surface area contributed by atoms with Gasteiger partial charge in [0, 0.05) is 12.4 Å². The molecule has 2 aromatic rings. The average Bonchev–Trinajstić information content (AvgIpc) is 2.47. The summed E-state index contributed by atoms with van der Waals surface area (Å²) in [5.41, 5.74) is 1.25. The Balaban J connectivity index is 2.13. The number of rotatable bonds is 4. The third-order valence-corrected chi connectivity index (χ3v) is 2.60. The van der Waals surface area contributed by atoms with E-state index in [2.05, 4.69) is 25.0 Å². The molecular weight excluding hydrogens is 244 g/mol. The van der Waals surface area contributed by atoms with Crippen LogP contribution in [0.3, 0.4) is 0 Å². The number of methoxy groups -OCH3 is 1. The highest BCUT2D eigenvalue weighted by Gasteiger charge is 2.10. The second kappa shape index (κ2) is 5.90. The smallest absolute Gasteiger partial charge is 0.358 e. The molecule has 0 aromatic carbocycles. The molecule has 1 N–H and O–H groups in total. The lowest BCUT2D eigenvalue weighted by Crippen LogP contribution is -2.11. The van der Waals surface area contributed by atoms with Crippen molar-refractivity contribution in [1.29, 1.82) is 0 Å². The molecule has 98 valence electrons. The van der Waals surface area contributed by atoms with Gasteiger partial charge in [0.05, 0.1) is 25.5 Å². The first-order valence-electron chi connectivity index (χ1n) is 5.77. The number of hydrogen-bond acceptors (Lipinski definition) is 6. The van der Waals surface area contributed by atoms with E-state index >= 15 is 0 Å². The largest absolute Gasteiger partial charge is 0.464 e. The second-order valence-corrected chi connectivity index (χ2v) is 3.93. The zero-order valence-electron chi connectivity index (χ0n) is 10.7. The Morgan fingerprint density at radius 1 is 1.26 bits per heavy atom. The van der Waals surface area contributed by atoms with Crippen LogP contribution in [0.15, 0.2) is 36.9 Å². The van der Waals surface area contributed by atoms with Crippen molar-refractivity contribution in [3.8, 4) is 0 Å². The molecule has 0 radical (unpaired) electrons. The summed E-state index contributed by atoms with van der Waals surface area (Å²) in [4.78, 5) is 23.4. The maximum atomic E-state index is 11.4. The summed E-state index contributed by atoms with van der Waals surface area (Å²) in [6.45, 7) is 1.99. The van der Waals surface area contributed by atoms with Crippen LogP contribution in [0, 0.1) is 0 Å². The fourth-order valence-corrected chi connectivity index (χ4v) is 1.60. The molecule has 6 nitrogen and oxygen atoms in total. The van der Waals surface area contributed by atoms with Gasteiger partial charge < -0.3 is 10.1 Å². The van der Waals surface area contributed by atoms with Crippen molar-refractivity contribution in [2.75, 3.05) is 12.4 Å². The minimum Gasteiger partial charge on any atom is -0.464 e. The second-order valence-electron chi connectivity index (χ2n) is 3.93. The van der Waals surface area contributed by atoms with Crippen LogP contribution < -0.4 is 5.32 Å². The third kappa shape index (κ3) is 3.25. The average molecular weight is 258 g/mol. The Morgan fingerprint density at radius 3 is 2.68 bits per heavy atom. The van der Waals surface area contributed by atoms with E-state index in [0.717, 1.165) is 5.56 Å². The van der Waals surface area contributed by atoms with Crippen molar-refractivity contribution in [3.05, 3.63) is 48.2 Å². The molecule has 0 aliphatic heterocycles. The molecule has 1 atom stereocenters. The first-order chi connectivity index (χ1) is 9.20. The summed E-state index contributed by atoms with van der Waals surface area (Å²) in [5.74, 6) is 0.0138.